The smallest absolute Gasteiger partial charge is 0.416 e. The first-order valence-electron chi connectivity index (χ1n) is 9.45. The van der Waals surface area contributed by atoms with E-state index >= 15 is 0 Å². The number of sulfonamides is 1. The second-order valence-corrected chi connectivity index (χ2v) is 8.57. The van der Waals surface area contributed by atoms with E-state index in [1.807, 2.05) is 0 Å². The highest BCUT2D eigenvalue weighted by Crippen LogP contribution is 2.37. The van der Waals surface area contributed by atoms with Crippen molar-refractivity contribution in [2.24, 2.45) is 0 Å². The van der Waals surface area contributed by atoms with E-state index in [4.69, 9.17) is 9.47 Å². The summed E-state index contributed by atoms with van der Waals surface area (Å²) in [5.74, 6) is -0.572. The first kappa shape index (κ1) is 24.4. The summed E-state index contributed by atoms with van der Waals surface area (Å²) < 4.78 is 91.7. The van der Waals surface area contributed by atoms with Crippen LogP contribution in [0.4, 0.5) is 17.6 Å². The molecule has 1 aromatic heterocycles. The molecular weight excluding hydrogens is 466 g/mol. The second-order valence-electron chi connectivity index (χ2n) is 6.80. The van der Waals surface area contributed by atoms with Gasteiger partial charge in [-0.25, -0.2) is 22.5 Å². The van der Waals surface area contributed by atoms with Gasteiger partial charge in [0.2, 0.25) is 15.9 Å². The molecule has 0 aliphatic rings. The Morgan fingerprint density at radius 3 is 2.45 bits per heavy atom. The van der Waals surface area contributed by atoms with Gasteiger partial charge < -0.3 is 9.47 Å². The maximum Gasteiger partial charge on any atom is 0.416 e. The molecule has 0 spiro atoms. The van der Waals surface area contributed by atoms with E-state index in [1.165, 1.54) is 38.6 Å². The normalized spacial score (nSPS) is 11.9. The van der Waals surface area contributed by atoms with Gasteiger partial charge in [0.15, 0.2) is 0 Å². The van der Waals surface area contributed by atoms with E-state index in [1.54, 1.807) is 6.07 Å². The highest BCUT2D eigenvalue weighted by atomic mass is 32.2. The molecule has 12 heteroatoms. The SMILES string of the molecule is COc1ncc(-c2cc(C(F)(F)F)cc(S(=O)(=O)NCCc3cccc(F)c3)c2)c(OC)n1. The van der Waals surface area contributed by atoms with Crippen molar-refractivity contribution in [2.75, 3.05) is 20.8 Å². The lowest BCUT2D eigenvalue weighted by molar-refractivity contribution is -0.137. The Kier molecular flexibility index (Phi) is 7.18. The van der Waals surface area contributed by atoms with Crippen LogP contribution in [0.25, 0.3) is 11.1 Å². The van der Waals surface area contributed by atoms with Crippen LogP contribution < -0.4 is 14.2 Å². The Bertz CT molecular complexity index is 1250. The minimum absolute atomic E-state index is 0.0422. The molecule has 0 amide bonds. The van der Waals surface area contributed by atoms with E-state index in [0.29, 0.717) is 11.6 Å². The highest BCUT2D eigenvalue weighted by Gasteiger charge is 2.33. The molecule has 0 fully saturated rings. The number of aromatic nitrogens is 2. The van der Waals surface area contributed by atoms with Gasteiger partial charge in [-0.05, 0) is 47.9 Å². The Hall–Kier alpha value is -3.25. The van der Waals surface area contributed by atoms with Gasteiger partial charge in [0.05, 0.1) is 30.2 Å². The monoisotopic (exact) mass is 485 g/mol. The fourth-order valence-corrected chi connectivity index (χ4v) is 4.08. The number of hydrogen-bond acceptors (Lipinski definition) is 6. The lowest BCUT2D eigenvalue weighted by Gasteiger charge is -2.15. The zero-order valence-corrected chi connectivity index (χ0v) is 18.3. The van der Waals surface area contributed by atoms with Crippen LogP contribution in [0.2, 0.25) is 0 Å². The van der Waals surface area contributed by atoms with Crippen LogP contribution in [0, 0.1) is 5.82 Å². The van der Waals surface area contributed by atoms with Crippen LogP contribution in [0.3, 0.4) is 0 Å². The molecule has 176 valence electrons. The van der Waals surface area contributed by atoms with Crippen molar-refractivity contribution in [3.8, 4) is 23.0 Å². The average molecular weight is 485 g/mol. The number of hydrogen-bond donors (Lipinski definition) is 1. The summed E-state index contributed by atoms with van der Waals surface area (Å²) in [5.41, 5.74) is -0.721. The largest absolute Gasteiger partial charge is 0.480 e. The first-order chi connectivity index (χ1) is 15.5. The number of ether oxygens (including phenoxy) is 2. The van der Waals surface area contributed by atoms with Crippen LogP contribution in [0.15, 0.2) is 53.6 Å². The summed E-state index contributed by atoms with van der Waals surface area (Å²) in [6.07, 6.45) is -3.50. The van der Waals surface area contributed by atoms with E-state index in [0.717, 1.165) is 12.1 Å². The summed E-state index contributed by atoms with van der Waals surface area (Å²) in [7, 11) is -1.78. The number of methoxy groups -OCH3 is 2. The highest BCUT2D eigenvalue weighted by molar-refractivity contribution is 7.89. The van der Waals surface area contributed by atoms with E-state index in [-0.39, 0.29) is 36.0 Å². The molecule has 0 radical (unpaired) electrons. The minimum Gasteiger partial charge on any atom is -0.480 e. The van der Waals surface area contributed by atoms with Gasteiger partial charge in [-0.1, -0.05) is 12.1 Å². The van der Waals surface area contributed by atoms with Gasteiger partial charge in [-0.15, -0.1) is 0 Å². The number of nitrogens with zero attached hydrogens (tertiary/aromatic N) is 2. The minimum atomic E-state index is -4.82. The lowest BCUT2D eigenvalue weighted by atomic mass is 10.0. The number of nitrogens with one attached hydrogen (secondary N) is 1. The third-order valence-electron chi connectivity index (χ3n) is 4.56. The molecule has 0 atom stereocenters. The van der Waals surface area contributed by atoms with Gasteiger partial charge in [-0.2, -0.15) is 18.2 Å². The zero-order valence-electron chi connectivity index (χ0n) is 17.5. The summed E-state index contributed by atoms with van der Waals surface area (Å²) >= 11 is 0. The fourth-order valence-electron chi connectivity index (χ4n) is 2.98. The molecule has 0 saturated carbocycles. The number of rotatable bonds is 8. The predicted octanol–water partition coefficient (Wildman–Crippen LogP) is 3.84. The molecule has 0 aliphatic heterocycles. The molecule has 3 aromatic rings. The van der Waals surface area contributed by atoms with Gasteiger partial charge in [0, 0.05) is 12.7 Å². The summed E-state index contributed by atoms with van der Waals surface area (Å²) in [5, 5.41) is 0. The maximum atomic E-state index is 13.5. The van der Waals surface area contributed by atoms with Crippen LogP contribution >= 0.6 is 0 Å². The maximum absolute atomic E-state index is 13.5. The third kappa shape index (κ3) is 5.96. The number of alkyl halides is 3. The molecule has 1 N–H and O–H groups in total. The van der Waals surface area contributed by atoms with E-state index in [9.17, 15) is 26.0 Å². The summed E-state index contributed by atoms with van der Waals surface area (Å²) in [6, 6.07) is 7.87. The van der Waals surface area contributed by atoms with Crippen molar-refractivity contribution in [3.63, 3.8) is 0 Å². The molecule has 1 heterocycles. The van der Waals surface area contributed by atoms with Gasteiger partial charge >= 0.3 is 12.2 Å². The average Bonchev–Trinajstić information content (AvgIpc) is 2.77. The first-order valence-corrected chi connectivity index (χ1v) is 10.9. The van der Waals surface area contributed by atoms with Crippen molar-refractivity contribution < 1.29 is 35.5 Å². The Morgan fingerprint density at radius 1 is 1.06 bits per heavy atom. The van der Waals surface area contributed by atoms with Crippen molar-refractivity contribution in [1.82, 2.24) is 14.7 Å². The Labute approximate surface area is 187 Å². The van der Waals surface area contributed by atoms with Gasteiger partial charge in [0.1, 0.15) is 5.82 Å². The summed E-state index contributed by atoms with van der Waals surface area (Å²) in [6.45, 7) is -0.146. The molecule has 0 bridgehead atoms. The quantitative estimate of drug-likeness (QED) is 0.488. The third-order valence-corrected chi connectivity index (χ3v) is 6.00. The van der Waals surface area contributed by atoms with Crippen LogP contribution in [0.5, 0.6) is 11.9 Å². The number of halogens is 4. The van der Waals surface area contributed by atoms with Crippen LogP contribution in [0.1, 0.15) is 11.1 Å². The second kappa shape index (κ2) is 9.71. The van der Waals surface area contributed by atoms with Crippen molar-refractivity contribution in [2.45, 2.75) is 17.5 Å². The zero-order chi connectivity index (χ0) is 24.2. The van der Waals surface area contributed by atoms with Crippen molar-refractivity contribution in [1.29, 1.82) is 0 Å². The molecular formula is C21H19F4N3O4S. The Balaban J connectivity index is 1.97. The molecule has 7 nitrogen and oxygen atoms in total. The molecule has 0 aliphatic carbocycles. The number of benzene rings is 2. The molecule has 0 unspecified atom stereocenters. The van der Waals surface area contributed by atoms with Crippen molar-refractivity contribution >= 4 is 10.0 Å². The summed E-state index contributed by atoms with van der Waals surface area (Å²) in [4.78, 5) is 7.19. The van der Waals surface area contributed by atoms with E-state index in [2.05, 4.69) is 14.7 Å². The Morgan fingerprint density at radius 2 is 1.82 bits per heavy atom. The van der Waals surface area contributed by atoms with Crippen LogP contribution in [-0.2, 0) is 22.6 Å². The topological polar surface area (TPSA) is 90.4 Å². The predicted molar refractivity (Wildman–Crippen MR) is 111 cm³/mol. The van der Waals surface area contributed by atoms with Crippen LogP contribution in [-0.4, -0.2) is 39.2 Å². The standard InChI is InChI=1S/C21H19F4N3O4S/c1-31-19-18(12-26-20(28-19)32-2)14-9-15(21(23,24)25)11-17(10-14)33(29,30)27-7-6-13-4-3-5-16(22)8-13/h3-5,8-12,27H,6-7H2,1-2H3. The lowest BCUT2D eigenvalue weighted by Crippen LogP contribution is -2.26. The van der Waals surface area contributed by atoms with Gasteiger partial charge in [0.25, 0.3) is 0 Å². The fraction of sp³-hybridized carbons (Fsp3) is 0.238. The van der Waals surface area contributed by atoms with E-state index < -0.39 is 32.5 Å². The molecule has 33 heavy (non-hydrogen) atoms. The van der Waals surface area contributed by atoms with Gasteiger partial charge in [-0.3, -0.25) is 0 Å². The molecule has 0 saturated heterocycles. The molecule has 3 rings (SSSR count). The molecule has 2 aromatic carbocycles. The van der Waals surface area contributed by atoms with Crippen molar-refractivity contribution in [3.05, 3.63) is 65.6 Å².